The summed E-state index contributed by atoms with van der Waals surface area (Å²) in [5.74, 6) is -3.26. The van der Waals surface area contributed by atoms with Crippen molar-refractivity contribution in [2.75, 3.05) is 40.8 Å². The quantitative estimate of drug-likeness (QED) is 0.132. The minimum Gasteiger partial charge on any atom is -0.459 e. The van der Waals surface area contributed by atoms with E-state index in [4.69, 9.17) is 23.7 Å². The molecule has 1 unspecified atom stereocenters. The summed E-state index contributed by atoms with van der Waals surface area (Å²) in [6, 6.07) is 7.54. The Labute approximate surface area is 398 Å². The summed E-state index contributed by atoms with van der Waals surface area (Å²) in [7, 11) is 1.34. The van der Waals surface area contributed by atoms with Gasteiger partial charge in [-0.15, -0.1) is 0 Å². The van der Waals surface area contributed by atoms with Crippen molar-refractivity contribution in [1.82, 2.24) is 19.5 Å². The van der Waals surface area contributed by atoms with Crippen LogP contribution in [0.2, 0.25) is 0 Å². The van der Waals surface area contributed by atoms with Gasteiger partial charge in [-0.25, -0.2) is 13.1 Å². The number of carbonyl (C=O) groups excluding carboxylic acids is 1. The number of carbonyl (C=O) groups is 1. The molecule has 5 rings (SSSR count). The Hall–Kier alpha value is -2.43. The minimum atomic E-state index is -3.87. The maximum atomic E-state index is 14.6. The Morgan fingerprint density at radius 1 is 0.985 bits per heavy atom. The molecular formula is C49H82N4O13S. The van der Waals surface area contributed by atoms with Gasteiger partial charge >= 0.3 is 5.97 Å². The van der Waals surface area contributed by atoms with Crippen LogP contribution in [0.3, 0.4) is 0 Å². The Morgan fingerprint density at radius 3 is 2.31 bits per heavy atom. The molecule has 0 radical (unpaired) electrons. The summed E-state index contributed by atoms with van der Waals surface area (Å²) in [5.41, 5.74) is -4.13. The second-order valence-corrected chi connectivity index (χ2v) is 22.6. The van der Waals surface area contributed by atoms with Crippen molar-refractivity contribution in [2.24, 2.45) is 23.7 Å². The van der Waals surface area contributed by atoms with E-state index in [0.29, 0.717) is 36.8 Å². The van der Waals surface area contributed by atoms with Crippen molar-refractivity contribution in [2.45, 2.75) is 190 Å². The number of cyclic esters (lactones) is 1. The smallest absolute Gasteiger partial charge is 0.309 e. The third kappa shape index (κ3) is 12.4. The van der Waals surface area contributed by atoms with Gasteiger partial charge in [0.05, 0.1) is 47.1 Å². The Bertz CT molecular complexity index is 2040. The van der Waals surface area contributed by atoms with Crippen molar-refractivity contribution < 1.29 is 62.4 Å². The summed E-state index contributed by atoms with van der Waals surface area (Å²) in [5, 5.41) is 60.6. The number of fused-ring (bicyclic) bond motifs is 1. The first-order valence-corrected chi connectivity index (χ1v) is 25.6. The number of hydrogen-bond acceptors (Lipinski definition) is 16. The number of ether oxygens (including phenoxy) is 5. The third-order valence-electron chi connectivity index (χ3n) is 15.3. The van der Waals surface area contributed by atoms with Crippen molar-refractivity contribution in [3.8, 4) is 0 Å². The second-order valence-electron chi connectivity index (χ2n) is 20.9. The largest absolute Gasteiger partial charge is 0.459 e. The van der Waals surface area contributed by atoms with Crippen LogP contribution in [0.25, 0.3) is 10.9 Å². The van der Waals surface area contributed by atoms with Gasteiger partial charge in [0.25, 0.3) is 0 Å². The molecule has 0 aliphatic carbocycles. The molecule has 3 fully saturated rings. The predicted octanol–water partition coefficient (Wildman–Crippen LogP) is 3.46. The summed E-state index contributed by atoms with van der Waals surface area (Å²) in [6.45, 7) is 18.7. The topological polar surface area (TPSA) is 230 Å². The average molecular weight is 967 g/mol. The standard InChI is InChI=1S/C49H82N4O13S/c1-14-38-49(10,59)42(55)32(6)53(12)27-28(2)25-47(8,58)44(30(4)39(31(5)45(57)65-38)36-26-48(9,62-13)43(56)33(7)64-36)66-46-41(54)35(24-29(3)63-46)52(11)23-17-22-51-67(60,61)37-20-15-18-34-19-16-21-50-40(34)37/h15-16,18-21,28-33,35-36,38-39,41-44,46,51,54-56,58-59H,14,17,22-27H2,1-13H3/t28-,29-,30+,31-,32-,33+,35+,36-,38-,39?,41-,42-,43+,44-,46+,47-,48-,49-/m1/s1. The van der Waals surface area contributed by atoms with Gasteiger partial charge in [-0.2, -0.15) is 0 Å². The maximum Gasteiger partial charge on any atom is 0.309 e. The normalized spacial score (nSPS) is 41.4. The molecule has 0 bridgehead atoms. The summed E-state index contributed by atoms with van der Waals surface area (Å²) in [6.07, 6.45) is -5.76. The van der Waals surface area contributed by atoms with Crippen LogP contribution in [-0.4, -0.2) is 180 Å². The van der Waals surface area contributed by atoms with Crippen LogP contribution in [0.4, 0.5) is 0 Å². The molecule has 3 saturated heterocycles. The van der Waals surface area contributed by atoms with E-state index in [1.54, 1.807) is 59.9 Å². The molecule has 382 valence electrons. The number of para-hydroxylation sites is 1. The van der Waals surface area contributed by atoms with E-state index >= 15 is 0 Å². The monoisotopic (exact) mass is 967 g/mol. The number of sulfonamides is 1. The number of nitrogens with zero attached hydrogens (tertiary/aromatic N) is 3. The SMILES string of the molecule is CC[C@H]1OC(=O)[C@H](C)C([C@H]2C[C@@](C)(OC)[C@@H](O)[C@H](C)O2)[C@H](C)[C@@H](O[C@@H]2O[C@H](C)C[C@H](N(C)CCCNS(=O)(=O)c3cccc4cccnc34)[C@H]2O)[C@](C)(O)C[C@@H](C)CN(C)[C@H](C)[C@@H](O)[C@]1(C)O. The molecule has 1 aromatic carbocycles. The Balaban J connectivity index is 1.46. The molecule has 3 aliphatic rings. The highest BCUT2D eigenvalue weighted by Gasteiger charge is 2.55. The van der Waals surface area contributed by atoms with Crippen molar-refractivity contribution >= 4 is 26.9 Å². The van der Waals surface area contributed by atoms with Crippen LogP contribution in [0.1, 0.15) is 101 Å². The molecule has 2 aromatic rings. The number of benzene rings is 1. The van der Waals surface area contributed by atoms with E-state index in [1.165, 1.54) is 20.1 Å². The van der Waals surface area contributed by atoms with Crippen LogP contribution < -0.4 is 4.72 Å². The highest BCUT2D eigenvalue weighted by Crippen LogP contribution is 2.45. The zero-order valence-corrected chi connectivity index (χ0v) is 42.8. The van der Waals surface area contributed by atoms with E-state index in [0.717, 1.165) is 0 Å². The number of likely N-dealkylation sites (N-methyl/N-ethyl adjacent to an activating group) is 2. The molecule has 67 heavy (non-hydrogen) atoms. The number of pyridine rings is 1. The lowest BCUT2D eigenvalue weighted by atomic mass is 9.68. The zero-order valence-electron chi connectivity index (χ0n) is 42.0. The molecule has 6 N–H and O–H groups in total. The number of aliphatic hydroxyl groups is 5. The molecule has 0 saturated carbocycles. The number of methoxy groups -OCH3 is 1. The predicted molar refractivity (Wildman–Crippen MR) is 253 cm³/mol. The fourth-order valence-electron chi connectivity index (χ4n) is 11.3. The van der Waals surface area contributed by atoms with Crippen LogP contribution in [0.15, 0.2) is 41.4 Å². The first-order chi connectivity index (χ1) is 31.2. The van der Waals surface area contributed by atoms with Crippen LogP contribution in [0.5, 0.6) is 0 Å². The lowest BCUT2D eigenvalue weighted by Gasteiger charge is -2.51. The van der Waals surface area contributed by atoms with Crippen LogP contribution in [0, 0.1) is 23.7 Å². The number of rotatable bonds is 12. The highest BCUT2D eigenvalue weighted by atomic mass is 32.2. The fraction of sp³-hybridized carbons (Fsp3) is 0.796. The maximum absolute atomic E-state index is 14.6. The van der Waals surface area contributed by atoms with Gasteiger partial charge < -0.3 is 59.0 Å². The molecule has 3 aliphatic heterocycles. The van der Waals surface area contributed by atoms with E-state index in [9.17, 15) is 38.7 Å². The zero-order chi connectivity index (χ0) is 50.0. The third-order valence-corrected chi connectivity index (χ3v) is 16.8. The van der Waals surface area contributed by atoms with Crippen molar-refractivity contribution in [3.63, 3.8) is 0 Å². The molecule has 0 amide bonds. The lowest BCUT2D eigenvalue weighted by molar-refractivity contribution is -0.303. The van der Waals surface area contributed by atoms with Gasteiger partial charge in [0, 0.05) is 56.2 Å². The number of nitrogens with one attached hydrogen (secondary N) is 1. The summed E-state index contributed by atoms with van der Waals surface area (Å²) in [4.78, 5) is 22.8. The molecule has 17 nitrogen and oxygen atoms in total. The molecule has 1 aromatic heterocycles. The molecule has 18 atom stereocenters. The van der Waals surface area contributed by atoms with Gasteiger partial charge in [0.1, 0.15) is 34.9 Å². The van der Waals surface area contributed by atoms with Gasteiger partial charge in [-0.1, -0.05) is 45.9 Å². The second kappa shape index (κ2) is 22.3. The molecule has 0 spiro atoms. The number of aromatic nitrogens is 1. The van der Waals surface area contributed by atoms with E-state index < -0.39 is 118 Å². The van der Waals surface area contributed by atoms with E-state index in [1.807, 2.05) is 56.8 Å². The average Bonchev–Trinajstić information content (AvgIpc) is 3.27. The van der Waals surface area contributed by atoms with Crippen molar-refractivity contribution in [1.29, 1.82) is 0 Å². The van der Waals surface area contributed by atoms with Gasteiger partial charge in [-0.3, -0.25) is 9.78 Å². The number of esters is 1. The number of hydrogen-bond donors (Lipinski definition) is 6. The lowest BCUT2D eigenvalue weighted by Crippen LogP contribution is -2.62. The Kier molecular flexibility index (Phi) is 18.5. The molecule has 18 heteroatoms. The summed E-state index contributed by atoms with van der Waals surface area (Å²) < 4.78 is 61.5. The highest BCUT2D eigenvalue weighted by molar-refractivity contribution is 7.89. The van der Waals surface area contributed by atoms with Crippen molar-refractivity contribution in [3.05, 3.63) is 36.5 Å². The first kappa shape index (κ1) is 55.5. The van der Waals surface area contributed by atoms with Gasteiger partial charge in [-0.05, 0) is 112 Å². The van der Waals surface area contributed by atoms with E-state index in [-0.39, 0.29) is 36.6 Å². The molecule has 4 heterocycles. The van der Waals surface area contributed by atoms with E-state index in [2.05, 4.69) is 9.71 Å². The van der Waals surface area contributed by atoms with Gasteiger partial charge in [0.15, 0.2) is 6.29 Å². The fourth-order valence-corrected chi connectivity index (χ4v) is 12.5. The van der Waals surface area contributed by atoms with Crippen LogP contribution >= 0.6 is 0 Å². The van der Waals surface area contributed by atoms with Crippen LogP contribution in [-0.2, 0) is 38.5 Å². The first-order valence-electron chi connectivity index (χ1n) is 24.1. The number of aliphatic hydroxyl groups excluding tert-OH is 3. The van der Waals surface area contributed by atoms with Gasteiger partial charge in [0.2, 0.25) is 10.0 Å². The Morgan fingerprint density at radius 2 is 1.66 bits per heavy atom. The summed E-state index contributed by atoms with van der Waals surface area (Å²) >= 11 is 0. The molecular weight excluding hydrogens is 885 g/mol. The minimum absolute atomic E-state index is 0.0995.